The van der Waals surface area contributed by atoms with Crippen LogP contribution in [0.2, 0.25) is 0 Å². The number of carbonyl (C=O) groups is 4. The van der Waals surface area contributed by atoms with E-state index in [1.165, 1.54) is 0 Å². The molecule has 1 aromatic rings. The fourth-order valence-electron chi connectivity index (χ4n) is 3.05. The van der Waals surface area contributed by atoms with E-state index in [1.54, 1.807) is 30.3 Å². The Kier molecular flexibility index (Phi) is 5.34. The van der Waals surface area contributed by atoms with Crippen LogP contribution >= 0.6 is 0 Å². The number of rotatable bonds is 5. The smallest absolute Gasteiger partial charge is 0.408 e. The van der Waals surface area contributed by atoms with Crippen LogP contribution in [0.3, 0.4) is 0 Å². The average Bonchev–Trinajstić information content (AvgIpc) is 2.63. The molecule has 2 N–H and O–H groups in total. The second-order valence-electron chi connectivity index (χ2n) is 6.22. The third kappa shape index (κ3) is 3.82. The van der Waals surface area contributed by atoms with Crippen LogP contribution in [-0.2, 0) is 36.0 Å². The molecule has 2 atom stereocenters. The van der Waals surface area contributed by atoms with Crippen molar-refractivity contribution in [3.8, 4) is 0 Å². The molecule has 0 radical (unpaired) electrons. The van der Waals surface area contributed by atoms with Gasteiger partial charge in [-0.1, -0.05) is 30.3 Å². The molecule has 2 saturated heterocycles. The minimum absolute atomic E-state index is 0.00371. The van der Waals surface area contributed by atoms with Crippen molar-refractivity contribution >= 4 is 34.1 Å². The molecule has 150 valence electrons. The topological polar surface area (TPSA) is 150 Å². The summed E-state index contributed by atoms with van der Waals surface area (Å²) in [6.45, 7) is -0.109. The van der Waals surface area contributed by atoms with Gasteiger partial charge < -0.3 is 10.1 Å². The minimum Gasteiger partial charge on any atom is -0.445 e. The fourth-order valence-corrected chi connectivity index (χ4v) is 3.88. The van der Waals surface area contributed by atoms with Crippen molar-refractivity contribution in [2.75, 3.05) is 0 Å². The second kappa shape index (κ2) is 7.56. The highest BCUT2D eigenvalue weighted by Gasteiger charge is 2.59. The first-order chi connectivity index (χ1) is 13.2. The molecular weight excluding hydrogens is 394 g/mol. The zero-order valence-corrected chi connectivity index (χ0v) is 15.3. The van der Waals surface area contributed by atoms with Gasteiger partial charge in [0.1, 0.15) is 6.61 Å². The van der Waals surface area contributed by atoms with Crippen molar-refractivity contribution < 1.29 is 36.9 Å². The number of hydrogen-bond donors (Lipinski definition) is 2. The molecule has 1 aromatic carbocycles. The van der Waals surface area contributed by atoms with Gasteiger partial charge in [0.05, 0.1) is 0 Å². The predicted molar refractivity (Wildman–Crippen MR) is 91.4 cm³/mol. The van der Waals surface area contributed by atoms with E-state index in [0.29, 0.717) is 10.5 Å². The summed E-state index contributed by atoms with van der Waals surface area (Å²) in [5, 5.41) is 2.15. The van der Waals surface area contributed by atoms with Gasteiger partial charge in [0.25, 0.3) is 5.91 Å². The molecule has 0 aromatic heterocycles. The second-order valence-corrected chi connectivity index (χ2v) is 7.51. The van der Waals surface area contributed by atoms with Gasteiger partial charge in [-0.25, -0.2) is 4.79 Å². The van der Waals surface area contributed by atoms with E-state index in [2.05, 4.69) is 5.32 Å². The van der Waals surface area contributed by atoms with Crippen molar-refractivity contribution in [2.24, 2.45) is 0 Å². The Balaban J connectivity index is 1.74. The summed E-state index contributed by atoms with van der Waals surface area (Å²) in [6, 6.07) is 7.11. The Labute approximate surface area is 160 Å². The minimum atomic E-state index is -5.04. The van der Waals surface area contributed by atoms with Crippen molar-refractivity contribution in [1.29, 1.82) is 0 Å². The first-order valence-electron chi connectivity index (χ1n) is 8.33. The van der Waals surface area contributed by atoms with Crippen molar-refractivity contribution in [2.45, 2.75) is 38.1 Å². The molecule has 0 aliphatic carbocycles. The number of amides is 4. The lowest BCUT2D eigenvalue weighted by atomic mass is 10.0. The Morgan fingerprint density at radius 1 is 1.14 bits per heavy atom. The summed E-state index contributed by atoms with van der Waals surface area (Å²) in [5.74, 6) is -2.59. The fraction of sp³-hybridized carbons (Fsp3) is 0.375. The highest BCUT2D eigenvalue weighted by molar-refractivity contribution is 7.84. The summed E-state index contributed by atoms with van der Waals surface area (Å²) < 4.78 is 37.2. The Hall–Kier alpha value is -2.99. The van der Waals surface area contributed by atoms with Crippen LogP contribution in [-0.4, -0.2) is 58.2 Å². The van der Waals surface area contributed by atoms with Crippen molar-refractivity contribution in [3.63, 3.8) is 0 Å². The molecule has 0 spiro atoms. The Bertz CT molecular complexity index is 901. The number of nitrogens with one attached hydrogen (secondary N) is 1. The maximum absolute atomic E-state index is 12.2. The third-order valence-corrected chi connectivity index (χ3v) is 5.23. The maximum Gasteiger partial charge on any atom is 0.408 e. The number of benzene rings is 1. The highest BCUT2D eigenvalue weighted by Crippen LogP contribution is 2.30. The molecule has 0 saturated carbocycles. The number of hydrogen-bond acceptors (Lipinski definition) is 7. The summed E-state index contributed by atoms with van der Waals surface area (Å²) in [6.07, 6.45) is -2.48. The van der Waals surface area contributed by atoms with Crippen LogP contribution in [0.15, 0.2) is 30.3 Å². The number of imide groups is 1. The molecule has 2 aliphatic heterocycles. The quantitative estimate of drug-likeness (QED) is 0.384. The van der Waals surface area contributed by atoms with Gasteiger partial charge in [0, 0.05) is 12.8 Å². The van der Waals surface area contributed by atoms with Crippen molar-refractivity contribution in [1.82, 2.24) is 14.5 Å². The number of alkyl carbamates (subject to hydrolysis) is 1. The largest absolute Gasteiger partial charge is 0.445 e. The van der Waals surface area contributed by atoms with E-state index in [4.69, 9.17) is 4.74 Å². The SMILES string of the molecule is O=C(N[C@@H]1C(=O)N(S(=O)(=O)O)[C@@H]1N1C(=O)CCCC1=O)OCc1ccccc1. The van der Waals surface area contributed by atoms with E-state index >= 15 is 0 Å². The van der Waals surface area contributed by atoms with Gasteiger partial charge in [0.2, 0.25) is 11.8 Å². The molecular formula is C16H17N3O8S. The average molecular weight is 411 g/mol. The lowest BCUT2D eigenvalue weighted by molar-refractivity contribution is -0.167. The van der Waals surface area contributed by atoms with Crippen LogP contribution in [0.4, 0.5) is 4.79 Å². The number of carbonyl (C=O) groups excluding carboxylic acids is 4. The van der Waals surface area contributed by atoms with Crippen LogP contribution in [0.25, 0.3) is 0 Å². The molecule has 12 heteroatoms. The van der Waals surface area contributed by atoms with E-state index in [1.807, 2.05) is 0 Å². The van der Waals surface area contributed by atoms with Gasteiger partial charge >= 0.3 is 16.4 Å². The molecule has 11 nitrogen and oxygen atoms in total. The number of β-lactam (4-membered cyclic amide) rings is 1. The summed E-state index contributed by atoms with van der Waals surface area (Å²) in [4.78, 5) is 49.0. The maximum atomic E-state index is 12.2. The Morgan fingerprint density at radius 3 is 2.32 bits per heavy atom. The number of likely N-dealkylation sites (tertiary alicyclic amines) is 1. The first-order valence-corrected chi connectivity index (χ1v) is 9.72. The van der Waals surface area contributed by atoms with E-state index in [0.717, 1.165) is 0 Å². The zero-order chi connectivity index (χ0) is 20.5. The summed E-state index contributed by atoms with van der Waals surface area (Å²) in [7, 11) is -5.04. The van der Waals surface area contributed by atoms with Crippen molar-refractivity contribution in [3.05, 3.63) is 35.9 Å². The van der Waals surface area contributed by atoms with Gasteiger partial charge in [-0.15, -0.1) is 0 Å². The van der Waals surface area contributed by atoms with Crippen LogP contribution in [0, 0.1) is 0 Å². The van der Waals surface area contributed by atoms with E-state index in [9.17, 15) is 32.1 Å². The third-order valence-electron chi connectivity index (χ3n) is 4.34. The van der Waals surface area contributed by atoms with Gasteiger partial charge in [-0.3, -0.25) is 23.8 Å². The summed E-state index contributed by atoms with van der Waals surface area (Å²) >= 11 is 0. The number of nitrogens with zero attached hydrogens (tertiary/aromatic N) is 2. The van der Waals surface area contributed by atoms with Gasteiger partial charge in [-0.2, -0.15) is 12.7 Å². The lowest BCUT2D eigenvalue weighted by Gasteiger charge is -2.48. The molecule has 2 aliphatic rings. The van der Waals surface area contributed by atoms with E-state index in [-0.39, 0.29) is 30.2 Å². The molecule has 4 amide bonds. The molecule has 0 unspecified atom stereocenters. The van der Waals surface area contributed by atoms with Crippen LogP contribution in [0.5, 0.6) is 0 Å². The molecule has 28 heavy (non-hydrogen) atoms. The summed E-state index contributed by atoms with van der Waals surface area (Å²) in [5.41, 5.74) is 0.676. The highest BCUT2D eigenvalue weighted by atomic mass is 32.2. The monoisotopic (exact) mass is 411 g/mol. The van der Waals surface area contributed by atoms with Crippen LogP contribution < -0.4 is 5.32 Å². The number of piperidine rings is 1. The first kappa shape index (κ1) is 19.8. The standard InChI is InChI=1S/C16H17N3O8S/c20-11-7-4-8-12(21)18(11)14-13(15(22)19(14)28(24,25)26)17-16(23)27-9-10-5-2-1-3-6-10/h1-3,5-6,13-14H,4,7-9H2,(H,17,23)(H,24,25,26)/t13-,14-/m0/s1. The number of ether oxygens (including phenoxy) is 1. The lowest BCUT2D eigenvalue weighted by Crippen LogP contribution is -2.78. The zero-order valence-electron chi connectivity index (χ0n) is 14.5. The van der Waals surface area contributed by atoms with E-state index < -0.39 is 46.3 Å². The van der Waals surface area contributed by atoms with Gasteiger partial charge in [-0.05, 0) is 12.0 Å². The van der Waals surface area contributed by atoms with Gasteiger partial charge in [0.15, 0.2) is 12.2 Å². The molecule has 3 rings (SSSR count). The predicted octanol–water partition coefficient (Wildman–Crippen LogP) is -0.208. The van der Waals surface area contributed by atoms with Crippen LogP contribution in [0.1, 0.15) is 24.8 Å². The Morgan fingerprint density at radius 2 is 1.75 bits per heavy atom. The molecule has 2 fully saturated rings. The molecule has 0 bridgehead atoms. The normalized spacial score (nSPS) is 22.7. The molecule has 2 heterocycles.